The molecule has 1 heterocycles. The van der Waals surface area contributed by atoms with Gasteiger partial charge in [0.05, 0.1) is 5.69 Å². The molecular weight excluding hydrogens is 280 g/mol. The van der Waals surface area contributed by atoms with Crippen LogP contribution in [-0.2, 0) is 12.8 Å². The Morgan fingerprint density at radius 2 is 2.00 bits per heavy atom. The van der Waals surface area contributed by atoms with Gasteiger partial charge in [0.2, 0.25) is 0 Å². The fraction of sp³-hybridized carbons (Fsp3) is 0.308. The van der Waals surface area contributed by atoms with Crippen LogP contribution in [0.5, 0.6) is 0 Å². The van der Waals surface area contributed by atoms with Gasteiger partial charge in [-0.15, -0.1) is 0 Å². The van der Waals surface area contributed by atoms with E-state index in [0.29, 0.717) is 6.54 Å². The van der Waals surface area contributed by atoms with Crippen molar-refractivity contribution in [3.63, 3.8) is 0 Å². The fourth-order valence-corrected chi connectivity index (χ4v) is 1.87. The summed E-state index contributed by atoms with van der Waals surface area (Å²) in [6.45, 7) is 0.689. The molecule has 0 saturated carbocycles. The Kier molecular flexibility index (Phi) is 4.34. The Morgan fingerprint density at radius 1 is 1.24 bits per heavy atom. The molecule has 2 N–H and O–H groups in total. The molecule has 90 valence electrons. The number of hydrogen-bond acceptors (Lipinski definition) is 3. The fourth-order valence-electron chi connectivity index (χ4n) is 1.60. The molecular formula is C13H15BrN2O. The first kappa shape index (κ1) is 12.3. The third-order valence-electron chi connectivity index (χ3n) is 2.50. The van der Waals surface area contributed by atoms with Crippen LogP contribution in [0.3, 0.4) is 0 Å². The molecule has 0 unspecified atom stereocenters. The first-order valence-corrected chi connectivity index (χ1v) is 6.45. The lowest BCUT2D eigenvalue weighted by Crippen LogP contribution is -2.00. The number of benzene rings is 1. The van der Waals surface area contributed by atoms with Gasteiger partial charge in [0.1, 0.15) is 6.26 Å². The van der Waals surface area contributed by atoms with Crippen LogP contribution < -0.4 is 5.73 Å². The Labute approximate surface area is 109 Å². The molecule has 3 nitrogen and oxygen atoms in total. The zero-order chi connectivity index (χ0) is 12.1. The maximum Gasteiger partial charge on any atom is 0.198 e. The molecule has 0 saturated heterocycles. The van der Waals surface area contributed by atoms with Crippen molar-refractivity contribution in [2.75, 3.05) is 6.54 Å². The minimum Gasteiger partial charge on any atom is -0.448 e. The van der Waals surface area contributed by atoms with Gasteiger partial charge in [0.25, 0.3) is 0 Å². The minimum atomic E-state index is 0.689. The number of oxazole rings is 1. The van der Waals surface area contributed by atoms with E-state index in [9.17, 15) is 0 Å². The van der Waals surface area contributed by atoms with Gasteiger partial charge < -0.3 is 10.2 Å². The van der Waals surface area contributed by atoms with Crippen molar-refractivity contribution in [1.82, 2.24) is 4.98 Å². The predicted molar refractivity (Wildman–Crippen MR) is 70.8 cm³/mol. The smallest absolute Gasteiger partial charge is 0.198 e. The van der Waals surface area contributed by atoms with E-state index >= 15 is 0 Å². The molecule has 0 spiro atoms. The van der Waals surface area contributed by atoms with Gasteiger partial charge in [-0.25, -0.2) is 4.98 Å². The number of aryl methyl sites for hydroxylation is 1. The van der Waals surface area contributed by atoms with E-state index in [4.69, 9.17) is 10.2 Å². The molecule has 0 aliphatic carbocycles. The van der Waals surface area contributed by atoms with Crippen LogP contribution in [0.1, 0.15) is 23.6 Å². The van der Waals surface area contributed by atoms with Gasteiger partial charge in [-0.1, -0.05) is 28.1 Å². The molecule has 1 aromatic heterocycles. The number of halogens is 1. The summed E-state index contributed by atoms with van der Waals surface area (Å²) in [7, 11) is 0. The average Bonchev–Trinajstić information content (AvgIpc) is 2.77. The SMILES string of the molecule is NCCCc1coc(Cc2ccc(Br)cc2)n1. The molecule has 0 fully saturated rings. The van der Waals surface area contributed by atoms with Crippen molar-refractivity contribution in [2.24, 2.45) is 5.73 Å². The van der Waals surface area contributed by atoms with Gasteiger partial charge >= 0.3 is 0 Å². The Hall–Kier alpha value is -1.13. The molecule has 0 atom stereocenters. The van der Waals surface area contributed by atoms with Crippen LogP contribution in [-0.4, -0.2) is 11.5 Å². The van der Waals surface area contributed by atoms with Crippen LogP contribution in [0.15, 0.2) is 39.4 Å². The number of rotatable bonds is 5. The second kappa shape index (κ2) is 5.98. The lowest BCUT2D eigenvalue weighted by Gasteiger charge is -1.97. The van der Waals surface area contributed by atoms with Crippen molar-refractivity contribution >= 4 is 15.9 Å². The first-order valence-electron chi connectivity index (χ1n) is 5.65. The highest BCUT2D eigenvalue weighted by atomic mass is 79.9. The van der Waals surface area contributed by atoms with Gasteiger partial charge in [-0.3, -0.25) is 0 Å². The van der Waals surface area contributed by atoms with Crippen LogP contribution in [0.2, 0.25) is 0 Å². The van der Waals surface area contributed by atoms with Crippen molar-refractivity contribution in [2.45, 2.75) is 19.3 Å². The van der Waals surface area contributed by atoms with Gasteiger partial charge in [0, 0.05) is 10.9 Å². The molecule has 0 aliphatic heterocycles. The quantitative estimate of drug-likeness (QED) is 0.922. The molecule has 0 radical (unpaired) electrons. The van der Waals surface area contributed by atoms with E-state index in [-0.39, 0.29) is 0 Å². The standard InChI is InChI=1S/C13H15BrN2O/c14-11-5-3-10(4-6-11)8-13-16-12(9-17-13)2-1-7-15/h3-6,9H,1-2,7-8,15H2. The second-order valence-corrected chi connectivity index (χ2v) is 4.84. The van der Waals surface area contributed by atoms with Crippen LogP contribution in [0.25, 0.3) is 0 Å². The summed E-state index contributed by atoms with van der Waals surface area (Å²) < 4.78 is 6.51. The molecule has 0 bridgehead atoms. The summed E-state index contributed by atoms with van der Waals surface area (Å²) in [6, 6.07) is 8.17. The van der Waals surface area contributed by atoms with E-state index in [1.807, 2.05) is 12.1 Å². The molecule has 0 aliphatic rings. The summed E-state index contributed by atoms with van der Waals surface area (Å²) >= 11 is 3.41. The third-order valence-corrected chi connectivity index (χ3v) is 3.03. The third kappa shape index (κ3) is 3.68. The maximum absolute atomic E-state index is 5.46. The number of aromatic nitrogens is 1. The molecule has 2 aromatic rings. The van der Waals surface area contributed by atoms with Gasteiger partial charge in [-0.2, -0.15) is 0 Å². The lowest BCUT2D eigenvalue weighted by molar-refractivity contribution is 0.506. The summed E-state index contributed by atoms with van der Waals surface area (Å²) in [6.07, 6.45) is 4.30. The van der Waals surface area contributed by atoms with Crippen LogP contribution in [0, 0.1) is 0 Å². The minimum absolute atomic E-state index is 0.689. The second-order valence-electron chi connectivity index (χ2n) is 3.93. The molecule has 17 heavy (non-hydrogen) atoms. The van der Waals surface area contributed by atoms with Crippen molar-refractivity contribution < 1.29 is 4.42 Å². The molecule has 2 rings (SSSR count). The first-order chi connectivity index (χ1) is 8.28. The van der Waals surface area contributed by atoms with E-state index in [1.54, 1.807) is 6.26 Å². The maximum atomic E-state index is 5.46. The van der Waals surface area contributed by atoms with E-state index in [0.717, 1.165) is 35.3 Å². The Bertz CT molecular complexity index is 465. The highest BCUT2D eigenvalue weighted by Crippen LogP contribution is 2.14. The monoisotopic (exact) mass is 294 g/mol. The molecule has 4 heteroatoms. The summed E-state index contributed by atoms with van der Waals surface area (Å²) in [5.41, 5.74) is 7.64. The lowest BCUT2D eigenvalue weighted by atomic mass is 10.1. The summed E-state index contributed by atoms with van der Waals surface area (Å²) in [4.78, 5) is 4.43. The highest BCUT2D eigenvalue weighted by molar-refractivity contribution is 9.10. The van der Waals surface area contributed by atoms with Crippen LogP contribution >= 0.6 is 15.9 Å². The summed E-state index contributed by atoms with van der Waals surface area (Å²) in [5.74, 6) is 0.763. The molecule has 0 amide bonds. The van der Waals surface area contributed by atoms with E-state index in [1.165, 1.54) is 5.56 Å². The number of nitrogens with zero attached hydrogens (tertiary/aromatic N) is 1. The highest BCUT2D eigenvalue weighted by Gasteiger charge is 2.04. The normalized spacial score (nSPS) is 10.7. The topological polar surface area (TPSA) is 52.0 Å². The van der Waals surface area contributed by atoms with E-state index in [2.05, 4.69) is 33.0 Å². The van der Waals surface area contributed by atoms with Gasteiger partial charge in [0.15, 0.2) is 5.89 Å². The number of hydrogen-bond donors (Lipinski definition) is 1. The van der Waals surface area contributed by atoms with E-state index < -0.39 is 0 Å². The van der Waals surface area contributed by atoms with Gasteiger partial charge in [-0.05, 0) is 37.1 Å². The predicted octanol–water partition coefficient (Wildman–Crippen LogP) is 2.92. The number of nitrogens with two attached hydrogens (primary N) is 1. The zero-order valence-corrected chi connectivity index (χ0v) is 11.1. The van der Waals surface area contributed by atoms with Crippen molar-refractivity contribution in [1.29, 1.82) is 0 Å². The van der Waals surface area contributed by atoms with Crippen LogP contribution in [0.4, 0.5) is 0 Å². The van der Waals surface area contributed by atoms with Crippen molar-refractivity contribution in [3.05, 3.63) is 52.1 Å². The Morgan fingerprint density at radius 3 is 2.71 bits per heavy atom. The molecule has 1 aromatic carbocycles. The largest absolute Gasteiger partial charge is 0.448 e. The average molecular weight is 295 g/mol. The Balaban J connectivity index is 1.98. The summed E-state index contributed by atoms with van der Waals surface area (Å²) in [5, 5.41) is 0. The zero-order valence-electron chi connectivity index (χ0n) is 9.53. The van der Waals surface area contributed by atoms with Crippen molar-refractivity contribution in [3.8, 4) is 0 Å².